The Kier molecular flexibility index (Phi) is 6.31. The Morgan fingerprint density at radius 1 is 1.45 bits per heavy atom. The number of likely N-dealkylation sites (tertiary alicyclic amines) is 1. The number of aromatic nitrogens is 1. The van der Waals surface area contributed by atoms with Gasteiger partial charge in [0, 0.05) is 45.6 Å². The highest BCUT2D eigenvalue weighted by Gasteiger charge is 2.21. The van der Waals surface area contributed by atoms with Crippen LogP contribution in [0.5, 0.6) is 0 Å². The third-order valence-electron chi connectivity index (χ3n) is 4.46. The van der Waals surface area contributed by atoms with E-state index in [2.05, 4.69) is 66.0 Å². The quantitative estimate of drug-likeness (QED) is 0.643. The molecule has 2 rings (SSSR count). The minimum Gasteiger partial charge on any atom is -0.357 e. The molecule has 0 amide bonds. The SMILES string of the molecule is CCNC(=NCC1CCN(CC)C1)N(C)Cc1cccn1C. The van der Waals surface area contributed by atoms with E-state index >= 15 is 0 Å². The summed E-state index contributed by atoms with van der Waals surface area (Å²) in [5.41, 5.74) is 1.30. The molecule has 1 aliphatic heterocycles. The molecule has 1 fully saturated rings. The smallest absolute Gasteiger partial charge is 0.194 e. The van der Waals surface area contributed by atoms with Crippen molar-refractivity contribution in [2.45, 2.75) is 26.8 Å². The minimum absolute atomic E-state index is 0.706. The summed E-state index contributed by atoms with van der Waals surface area (Å²) in [5, 5.41) is 3.42. The lowest BCUT2D eigenvalue weighted by Gasteiger charge is -2.23. The molecule has 0 saturated carbocycles. The average Bonchev–Trinajstić information content (AvgIpc) is 3.13. The lowest BCUT2D eigenvalue weighted by molar-refractivity contribution is 0.343. The van der Waals surface area contributed by atoms with Crippen LogP contribution in [0.1, 0.15) is 26.0 Å². The lowest BCUT2D eigenvalue weighted by atomic mass is 10.1. The molecule has 22 heavy (non-hydrogen) atoms. The number of guanidine groups is 1. The van der Waals surface area contributed by atoms with Gasteiger partial charge in [-0.2, -0.15) is 0 Å². The fraction of sp³-hybridized carbons (Fsp3) is 0.706. The van der Waals surface area contributed by atoms with Gasteiger partial charge < -0.3 is 19.7 Å². The molecule has 1 unspecified atom stereocenters. The Labute approximate surface area is 135 Å². The van der Waals surface area contributed by atoms with Crippen molar-refractivity contribution >= 4 is 5.96 Å². The fourth-order valence-electron chi connectivity index (χ4n) is 3.01. The van der Waals surface area contributed by atoms with Gasteiger partial charge in [0.2, 0.25) is 0 Å². The van der Waals surface area contributed by atoms with Gasteiger partial charge in [0.25, 0.3) is 0 Å². The van der Waals surface area contributed by atoms with Gasteiger partial charge >= 0.3 is 0 Å². The van der Waals surface area contributed by atoms with Crippen molar-refractivity contribution in [1.29, 1.82) is 0 Å². The molecule has 0 bridgehead atoms. The summed E-state index contributed by atoms with van der Waals surface area (Å²) in [5.74, 6) is 1.72. The Balaban J connectivity index is 1.93. The predicted octanol–water partition coefficient (Wildman–Crippen LogP) is 1.76. The first-order chi connectivity index (χ1) is 10.6. The summed E-state index contributed by atoms with van der Waals surface area (Å²) in [7, 11) is 4.20. The van der Waals surface area contributed by atoms with Gasteiger partial charge in [-0.25, -0.2) is 0 Å². The van der Waals surface area contributed by atoms with Crippen molar-refractivity contribution in [2.75, 3.05) is 39.8 Å². The van der Waals surface area contributed by atoms with E-state index in [1.54, 1.807) is 0 Å². The van der Waals surface area contributed by atoms with Gasteiger partial charge in [-0.1, -0.05) is 6.92 Å². The average molecular weight is 305 g/mol. The van der Waals surface area contributed by atoms with Gasteiger partial charge in [0.05, 0.1) is 6.54 Å². The van der Waals surface area contributed by atoms with Crippen LogP contribution in [0, 0.1) is 5.92 Å². The molecule has 2 heterocycles. The van der Waals surface area contributed by atoms with Gasteiger partial charge in [0.15, 0.2) is 5.96 Å². The second-order valence-electron chi connectivity index (χ2n) is 6.21. The molecule has 1 N–H and O–H groups in total. The van der Waals surface area contributed by atoms with E-state index in [0.29, 0.717) is 5.92 Å². The standard InChI is InChI=1S/C17H31N5/c1-5-18-17(19-12-15-9-11-22(6-2)13-15)21(4)14-16-8-7-10-20(16)3/h7-8,10,15H,5-6,9,11-14H2,1-4H3,(H,18,19). The number of aryl methyl sites for hydroxylation is 1. The predicted molar refractivity (Wildman–Crippen MR) is 93.1 cm³/mol. The fourth-order valence-corrected chi connectivity index (χ4v) is 3.01. The Morgan fingerprint density at radius 3 is 2.86 bits per heavy atom. The lowest BCUT2D eigenvalue weighted by Crippen LogP contribution is -2.39. The zero-order valence-electron chi connectivity index (χ0n) is 14.5. The summed E-state index contributed by atoms with van der Waals surface area (Å²) < 4.78 is 2.16. The molecule has 1 atom stereocenters. The summed E-state index contributed by atoms with van der Waals surface area (Å²) in [6.07, 6.45) is 3.36. The molecule has 5 heteroatoms. The Hall–Kier alpha value is -1.49. The van der Waals surface area contributed by atoms with Crippen LogP contribution in [-0.4, -0.2) is 60.1 Å². The van der Waals surface area contributed by atoms with Crippen molar-refractivity contribution in [1.82, 2.24) is 19.7 Å². The third-order valence-corrected chi connectivity index (χ3v) is 4.46. The number of hydrogen-bond donors (Lipinski definition) is 1. The van der Waals surface area contributed by atoms with Crippen molar-refractivity contribution in [3.63, 3.8) is 0 Å². The monoisotopic (exact) mass is 305 g/mol. The first-order valence-electron chi connectivity index (χ1n) is 8.46. The van der Waals surface area contributed by atoms with Crippen LogP contribution < -0.4 is 5.32 Å². The van der Waals surface area contributed by atoms with Crippen molar-refractivity contribution in [3.05, 3.63) is 24.0 Å². The molecule has 0 aliphatic carbocycles. The van der Waals surface area contributed by atoms with E-state index in [0.717, 1.165) is 32.1 Å². The van der Waals surface area contributed by atoms with Gasteiger partial charge in [0.1, 0.15) is 0 Å². The number of nitrogens with one attached hydrogen (secondary N) is 1. The van der Waals surface area contributed by atoms with E-state index in [9.17, 15) is 0 Å². The normalized spacial score (nSPS) is 19.6. The van der Waals surface area contributed by atoms with Crippen LogP contribution in [0.15, 0.2) is 23.3 Å². The molecular weight excluding hydrogens is 274 g/mol. The van der Waals surface area contributed by atoms with Crippen LogP contribution in [0.2, 0.25) is 0 Å². The minimum atomic E-state index is 0.706. The van der Waals surface area contributed by atoms with E-state index in [4.69, 9.17) is 4.99 Å². The second-order valence-corrected chi connectivity index (χ2v) is 6.21. The maximum absolute atomic E-state index is 4.87. The second kappa shape index (κ2) is 8.22. The van der Waals surface area contributed by atoms with E-state index < -0.39 is 0 Å². The Morgan fingerprint density at radius 2 is 2.27 bits per heavy atom. The molecule has 0 spiro atoms. The van der Waals surface area contributed by atoms with Crippen LogP contribution in [0.25, 0.3) is 0 Å². The maximum Gasteiger partial charge on any atom is 0.194 e. The number of nitrogens with zero attached hydrogens (tertiary/aromatic N) is 4. The van der Waals surface area contributed by atoms with Crippen LogP contribution in [0.4, 0.5) is 0 Å². The van der Waals surface area contributed by atoms with E-state index in [1.165, 1.54) is 25.2 Å². The molecule has 1 aromatic heterocycles. The summed E-state index contributed by atoms with van der Waals surface area (Å²) in [6, 6.07) is 4.25. The highest BCUT2D eigenvalue weighted by atomic mass is 15.3. The third kappa shape index (κ3) is 4.50. The first kappa shape index (κ1) is 16.9. The van der Waals surface area contributed by atoms with E-state index in [1.807, 2.05) is 0 Å². The number of hydrogen-bond acceptors (Lipinski definition) is 2. The number of rotatable bonds is 6. The van der Waals surface area contributed by atoms with Crippen molar-refractivity contribution in [3.8, 4) is 0 Å². The highest BCUT2D eigenvalue weighted by molar-refractivity contribution is 5.79. The molecule has 1 aromatic rings. The molecule has 1 saturated heterocycles. The first-order valence-corrected chi connectivity index (χ1v) is 8.46. The summed E-state index contributed by atoms with van der Waals surface area (Å²) in [4.78, 5) is 9.60. The Bertz CT molecular complexity index is 479. The van der Waals surface area contributed by atoms with Crippen molar-refractivity contribution in [2.24, 2.45) is 18.0 Å². The molecule has 0 radical (unpaired) electrons. The van der Waals surface area contributed by atoms with Crippen LogP contribution in [-0.2, 0) is 13.6 Å². The highest BCUT2D eigenvalue weighted by Crippen LogP contribution is 2.16. The van der Waals surface area contributed by atoms with Gasteiger partial charge in [-0.3, -0.25) is 4.99 Å². The molecular formula is C17H31N5. The topological polar surface area (TPSA) is 35.8 Å². The largest absolute Gasteiger partial charge is 0.357 e. The van der Waals surface area contributed by atoms with E-state index in [-0.39, 0.29) is 0 Å². The molecule has 5 nitrogen and oxygen atoms in total. The van der Waals surface area contributed by atoms with Gasteiger partial charge in [-0.05, 0) is 44.5 Å². The summed E-state index contributed by atoms with van der Waals surface area (Å²) in [6.45, 7) is 10.7. The molecule has 1 aliphatic rings. The zero-order chi connectivity index (χ0) is 15.9. The van der Waals surface area contributed by atoms with Gasteiger partial charge in [-0.15, -0.1) is 0 Å². The number of aliphatic imine (C=N–C) groups is 1. The maximum atomic E-state index is 4.87. The zero-order valence-corrected chi connectivity index (χ0v) is 14.5. The van der Waals surface area contributed by atoms with Crippen LogP contribution in [0.3, 0.4) is 0 Å². The molecule has 0 aromatic carbocycles. The molecule has 124 valence electrons. The van der Waals surface area contributed by atoms with Crippen molar-refractivity contribution < 1.29 is 0 Å². The van der Waals surface area contributed by atoms with Crippen LogP contribution >= 0.6 is 0 Å². The summed E-state index contributed by atoms with van der Waals surface area (Å²) >= 11 is 0.